The van der Waals surface area contributed by atoms with Crippen LogP contribution in [-0.2, 0) is 12.8 Å². The van der Waals surface area contributed by atoms with E-state index in [-0.39, 0.29) is 5.75 Å². The quantitative estimate of drug-likeness (QED) is 0.283. The van der Waals surface area contributed by atoms with Crippen molar-refractivity contribution in [3.63, 3.8) is 0 Å². The number of aryl methyl sites for hydroxylation is 2. The Morgan fingerprint density at radius 1 is 0.576 bits per heavy atom. The maximum absolute atomic E-state index is 9.53. The Kier molecular flexibility index (Phi) is 10.2. The molecule has 0 saturated carbocycles. The molecule has 33 heavy (non-hydrogen) atoms. The molecule has 0 bridgehead atoms. The van der Waals surface area contributed by atoms with Crippen LogP contribution in [0.4, 0.5) is 0 Å². The van der Waals surface area contributed by atoms with Crippen LogP contribution in [0.1, 0.15) is 52.9 Å². The molecule has 1 N–H and O–H groups in total. The highest BCUT2D eigenvalue weighted by Crippen LogP contribution is 2.23. The predicted molar refractivity (Wildman–Crippen MR) is 142 cm³/mol. The van der Waals surface area contributed by atoms with E-state index in [0.29, 0.717) is 5.52 Å². The predicted octanol–water partition coefficient (Wildman–Crippen LogP) is 7.90. The van der Waals surface area contributed by atoms with Gasteiger partial charge in [-0.1, -0.05) is 84.0 Å². The average Bonchev–Trinajstić information content (AvgIpc) is 2.91. The van der Waals surface area contributed by atoms with Crippen LogP contribution in [0.3, 0.4) is 0 Å². The molecule has 172 valence electrons. The summed E-state index contributed by atoms with van der Waals surface area (Å²) in [5.74, 6) is 0.257. The van der Waals surface area contributed by atoms with Crippen LogP contribution in [0.2, 0.25) is 0 Å². The van der Waals surface area contributed by atoms with Crippen LogP contribution < -0.4 is 0 Å². The number of phenolic OH excluding ortho intramolecular Hbond substituents is 1. The van der Waals surface area contributed by atoms with Gasteiger partial charge >= 0.3 is 0 Å². The maximum atomic E-state index is 9.53. The van der Waals surface area contributed by atoms with E-state index in [9.17, 15) is 5.11 Å². The second kappa shape index (κ2) is 13.1. The van der Waals surface area contributed by atoms with E-state index in [2.05, 4.69) is 52.2 Å². The Morgan fingerprint density at radius 3 is 1.67 bits per heavy atom. The van der Waals surface area contributed by atoms with Crippen LogP contribution in [0.25, 0.3) is 32.7 Å². The van der Waals surface area contributed by atoms with Gasteiger partial charge in [-0.25, -0.2) is 4.98 Å². The summed E-state index contributed by atoms with van der Waals surface area (Å²) in [6.45, 7) is 12.2. The molecule has 0 atom stereocenters. The highest BCUT2D eigenvalue weighted by atomic mass is 16.3. The molecule has 0 aliphatic carbocycles. The summed E-state index contributed by atoms with van der Waals surface area (Å²) in [6, 6.07) is 21.8. The van der Waals surface area contributed by atoms with E-state index in [1.54, 1.807) is 6.07 Å². The Hall–Kier alpha value is -3.53. The van der Waals surface area contributed by atoms with Crippen molar-refractivity contribution in [1.29, 1.82) is 0 Å². The van der Waals surface area contributed by atoms with E-state index >= 15 is 0 Å². The first-order chi connectivity index (χ1) is 16.2. The van der Waals surface area contributed by atoms with Gasteiger partial charge in [-0.2, -0.15) is 0 Å². The second-order valence-electron chi connectivity index (χ2n) is 6.87. The first-order valence-corrected chi connectivity index (χ1v) is 11.9. The smallest absolute Gasteiger partial charge is 0.141 e. The summed E-state index contributed by atoms with van der Waals surface area (Å²) in [5.41, 5.74) is 4.83. The van der Waals surface area contributed by atoms with Gasteiger partial charge in [-0.3, -0.25) is 9.97 Å². The SMILES string of the molecule is CC.CC.CCc1ccc2ccc3cccnc3c2n1.CCc1ccc2cccc(O)c2n1. The minimum absolute atomic E-state index is 0.257. The largest absolute Gasteiger partial charge is 0.506 e. The van der Waals surface area contributed by atoms with Gasteiger partial charge < -0.3 is 5.11 Å². The van der Waals surface area contributed by atoms with Gasteiger partial charge in [-0.05, 0) is 37.1 Å². The van der Waals surface area contributed by atoms with Crippen molar-refractivity contribution in [2.45, 2.75) is 54.4 Å². The van der Waals surface area contributed by atoms with Gasteiger partial charge in [0.05, 0.1) is 11.0 Å². The molecule has 0 fully saturated rings. The van der Waals surface area contributed by atoms with E-state index < -0.39 is 0 Å². The molecular formula is C29H35N3O. The molecule has 5 aromatic rings. The molecule has 5 rings (SSSR count). The van der Waals surface area contributed by atoms with Gasteiger partial charge in [0.2, 0.25) is 0 Å². The van der Waals surface area contributed by atoms with E-state index in [1.165, 1.54) is 0 Å². The molecule has 0 radical (unpaired) electrons. The Bertz CT molecular complexity index is 1300. The zero-order valence-corrected chi connectivity index (χ0v) is 20.6. The summed E-state index contributed by atoms with van der Waals surface area (Å²) < 4.78 is 0. The number of benzene rings is 2. The number of rotatable bonds is 2. The monoisotopic (exact) mass is 441 g/mol. The second-order valence-corrected chi connectivity index (χ2v) is 6.87. The molecule has 0 spiro atoms. The summed E-state index contributed by atoms with van der Waals surface area (Å²) in [6.07, 6.45) is 3.67. The molecule has 0 saturated heterocycles. The maximum Gasteiger partial charge on any atom is 0.141 e. The minimum atomic E-state index is 0.257. The molecule has 4 heteroatoms. The number of hydrogen-bond donors (Lipinski definition) is 1. The van der Waals surface area contributed by atoms with Gasteiger partial charge in [0.1, 0.15) is 11.3 Å². The normalized spacial score (nSPS) is 9.88. The van der Waals surface area contributed by atoms with Crippen molar-refractivity contribution >= 4 is 32.7 Å². The number of para-hydroxylation sites is 1. The zero-order chi connectivity index (χ0) is 24.2. The van der Waals surface area contributed by atoms with Crippen molar-refractivity contribution in [2.75, 3.05) is 0 Å². The van der Waals surface area contributed by atoms with E-state index in [1.807, 2.05) is 71.1 Å². The van der Waals surface area contributed by atoms with Crippen molar-refractivity contribution in [3.8, 4) is 5.75 Å². The summed E-state index contributed by atoms with van der Waals surface area (Å²) >= 11 is 0. The van der Waals surface area contributed by atoms with Gasteiger partial charge in [-0.15, -0.1) is 0 Å². The fourth-order valence-electron chi connectivity index (χ4n) is 3.33. The number of nitrogens with zero attached hydrogens (tertiary/aromatic N) is 3. The lowest BCUT2D eigenvalue weighted by atomic mass is 10.1. The molecule has 3 aromatic heterocycles. The lowest BCUT2D eigenvalue weighted by molar-refractivity contribution is 0.480. The number of pyridine rings is 3. The van der Waals surface area contributed by atoms with Crippen LogP contribution in [0.15, 0.2) is 72.9 Å². The van der Waals surface area contributed by atoms with E-state index in [0.717, 1.165) is 51.4 Å². The third-order valence-corrected chi connectivity index (χ3v) is 4.97. The van der Waals surface area contributed by atoms with E-state index in [4.69, 9.17) is 0 Å². The Balaban J connectivity index is 0.000000207. The van der Waals surface area contributed by atoms with Crippen LogP contribution in [-0.4, -0.2) is 20.1 Å². The molecule has 2 aromatic carbocycles. The molecule has 0 aliphatic heterocycles. The highest BCUT2D eigenvalue weighted by Gasteiger charge is 2.03. The van der Waals surface area contributed by atoms with Crippen molar-refractivity contribution in [2.24, 2.45) is 0 Å². The number of hydrogen-bond acceptors (Lipinski definition) is 4. The molecule has 0 aliphatic rings. The zero-order valence-electron chi connectivity index (χ0n) is 20.6. The molecule has 0 amide bonds. The van der Waals surface area contributed by atoms with Gasteiger partial charge in [0.25, 0.3) is 0 Å². The lowest BCUT2D eigenvalue weighted by Crippen LogP contribution is -1.89. The van der Waals surface area contributed by atoms with Crippen molar-refractivity contribution in [3.05, 3.63) is 84.3 Å². The van der Waals surface area contributed by atoms with Crippen LogP contribution in [0, 0.1) is 0 Å². The number of phenols is 1. The van der Waals surface area contributed by atoms with Gasteiger partial charge in [0, 0.05) is 33.7 Å². The third kappa shape index (κ3) is 6.26. The molecular weight excluding hydrogens is 406 g/mol. The summed E-state index contributed by atoms with van der Waals surface area (Å²) in [4.78, 5) is 13.4. The standard InChI is InChI=1S/C14H12N2.C11H11NO.2C2H6/c1-2-12-8-7-11-6-5-10-4-3-9-15-13(10)14(11)16-12;1-2-9-7-6-8-4-3-5-10(13)11(8)12-9;2*1-2/h3-9H,2H2,1H3;3-7,13H,2H2,1H3;2*1-2H3. The van der Waals surface area contributed by atoms with Crippen molar-refractivity contribution in [1.82, 2.24) is 15.0 Å². The first kappa shape index (κ1) is 25.7. The summed E-state index contributed by atoms with van der Waals surface area (Å²) in [5, 5.41) is 12.8. The minimum Gasteiger partial charge on any atom is -0.506 e. The average molecular weight is 442 g/mol. The number of aromatic hydroxyl groups is 1. The molecule has 4 nitrogen and oxygen atoms in total. The van der Waals surface area contributed by atoms with Crippen molar-refractivity contribution < 1.29 is 5.11 Å². The fourth-order valence-corrected chi connectivity index (χ4v) is 3.33. The number of aromatic nitrogens is 3. The third-order valence-electron chi connectivity index (χ3n) is 4.97. The van der Waals surface area contributed by atoms with Gasteiger partial charge in [0.15, 0.2) is 0 Å². The topological polar surface area (TPSA) is 58.9 Å². The first-order valence-electron chi connectivity index (χ1n) is 11.9. The Labute approximate surface area is 197 Å². The van der Waals surface area contributed by atoms with Crippen LogP contribution in [0.5, 0.6) is 5.75 Å². The molecule has 0 unspecified atom stereocenters. The fraction of sp³-hybridized carbons (Fsp3) is 0.276. The Morgan fingerprint density at radius 2 is 1.06 bits per heavy atom. The summed E-state index contributed by atoms with van der Waals surface area (Å²) in [7, 11) is 0. The molecule has 3 heterocycles. The lowest BCUT2D eigenvalue weighted by Gasteiger charge is -2.03. The van der Waals surface area contributed by atoms with Crippen LogP contribution >= 0.6 is 0 Å². The highest BCUT2D eigenvalue weighted by molar-refractivity contribution is 6.02. The number of fused-ring (bicyclic) bond motifs is 4.